The molecule has 3 N–H and O–H groups in total. The van der Waals surface area contributed by atoms with Crippen LogP contribution in [0.15, 0.2) is 6.33 Å². The lowest BCUT2D eigenvalue weighted by atomic mass is 10.1. The molecule has 0 spiro atoms. The zero-order valence-electron chi connectivity index (χ0n) is 12.4. The van der Waals surface area contributed by atoms with Crippen LogP contribution in [-0.2, 0) is 11.2 Å². The van der Waals surface area contributed by atoms with Gasteiger partial charge in [0.25, 0.3) is 0 Å². The Labute approximate surface area is 120 Å². The van der Waals surface area contributed by atoms with Gasteiger partial charge in [0.05, 0.1) is 6.10 Å². The van der Waals surface area contributed by atoms with Crippen molar-refractivity contribution in [2.75, 3.05) is 30.0 Å². The number of nitrogens with two attached hydrogens (primary N) is 1. The van der Waals surface area contributed by atoms with Crippen molar-refractivity contribution >= 4 is 11.6 Å². The molecule has 1 saturated heterocycles. The van der Waals surface area contributed by atoms with E-state index >= 15 is 0 Å². The fraction of sp³-hybridized carbons (Fsp3) is 0.714. The van der Waals surface area contributed by atoms with Crippen LogP contribution in [0.2, 0.25) is 0 Å². The van der Waals surface area contributed by atoms with Gasteiger partial charge in [-0.05, 0) is 26.2 Å². The monoisotopic (exact) mass is 279 g/mol. The number of nitrogens with zero attached hydrogens (tertiary/aromatic N) is 3. The standard InChI is InChI=1S/C14H25N5O/c1-3-6-12-13(18-15)16-10-17-14(12)19(4-2)9-11-7-5-8-20-11/h10-11H,3-9,15H2,1-2H3,(H,16,17,18). The number of aromatic nitrogens is 2. The summed E-state index contributed by atoms with van der Waals surface area (Å²) < 4.78 is 5.74. The smallest absolute Gasteiger partial charge is 0.148 e. The minimum Gasteiger partial charge on any atom is -0.376 e. The Morgan fingerprint density at radius 1 is 1.45 bits per heavy atom. The number of anilines is 2. The Hall–Kier alpha value is -1.40. The largest absolute Gasteiger partial charge is 0.376 e. The molecule has 0 saturated carbocycles. The first-order valence-electron chi connectivity index (χ1n) is 7.47. The third-order valence-electron chi connectivity index (χ3n) is 3.69. The van der Waals surface area contributed by atoms with Crippen LogP contribution in [-0.4, -0.2) is 35.8 Å². The third kappa shape index (κ3) is 3.37. The lowest BCUT2D eigenvalue weighted by Gasteiger charge is -2.27. The quantitative estimate of drug-likeness (QED) is 0.584. The van der Waals surface area contributed by atoms with Crippen LogP contribution < -0.4 is 16.2 Å². The minimum atomic E-state index is 0.314. The van der Waals surface area contributed by atoms with Crippen molar-refractivity contribution in [3.05, 3.63) is 11.9 Å². The Morgan fingerprint density at radius 3 is 2.90 bits per heavy atom. The summed E-state index contributed by atoms with van der Waals surface area (Å²) >= 11 is 0. The molecule has 2 heterocycles. The van der Waals surface area contributed by atoms with Crippen LogP contribution in [0.5, 0.6) is 0 Å². The number of ether oxygens (including phenoxy) is 1. The summed E-state index contributed by atoms with van der Waals surface area (Å²) in [4.78, 5) is 11.0. The zero-order chi connectivity index (χ0) is 14.4. The van der Waals surface area contributed by atoms with Crippen LogP contribution in [0, 0.1) is 0 Å². The molecule has 1 aliphatic rings. The van der Waals surface area contributed by atoms with Gasteiger partial charge < -0.3 is 15.1 Å². The lowest BCUT2D eigenvalue weighted by molar-refractivity contribution is 0.115. The van der Waals surface area contributed by atoms with Crippen LogP contribution >= 0.6 is 0 Å². The molecular weight excluding hydrogens is 254 g/mol. The van der Waals surface area contributed by atoms with Gasteiger partial charge in [-0.2, -0.15) is 0 Å². The lowest BCUT2D eigenvalue weighted by Crippen LogP contribution is -2.33. The second-order valence-corrected chi connectivity index (χ2v) is 5.09. The van der Waals surface area contributed by atoms with Crippen molar-refractivity contribution in [3.8, 4) is 0 Å². The van der Waals surface area contributed by atoms with Gasteiger partial charge in [-0.3, -0.25) is 0 Å². The van der Waals surface area contributed by atoms with Gasteiger partial charge in [-0.1, -0.05) is 13.3 Å². The zero-order valence-corrected chi connectivity index (χ0v) is 12.4. The first kappa shape index (κ1) is 15.0. The summed E-state index contributed by atoms with van der Waals surface area (Å²) in [6.07, 6.45) is 6.12. The van der Waals surface area contributed by atoms with Crippen molar-refractivity contribution in [3.63, 3.8) is 0 Å². The van der Waals surface area contributed by atoms with E-state index in [1.165, 1.54) is 0 Å². The molecule has 1 aliphatic heterocycles. The maximum Gasteiger partial charge on any atom is 0.148 e. The molecule has 1 unspecified atom stereocenters. The van der Waals surface area contributed by atoms with Crippen LogP contribution in [0.3, 0.4) is 0 Å². The van der Waals surface area contributed by atoms with E-state index in [1.807, 2.05) is 0 Å². The normalized spacial score (nSPS) is 18.2. The van der Waals surface area contributed by atoms with E-state index in [0.717, 1.165) is 62.6 Å². The maximum atomic E-state index is 5.74. The maximum absolute atomic E-state index is 5.74. The molecular formula is C14H25N5O. The van der Waals surface area contributed by atoms with Gasteiger partial charge >= 0.3 is 0 Å². The average molecular weight is 279 g/mol. The molecule has 1 fully saturated rings. The number of rotatable bonds is 7. The van der Waals surface area contributed by atoms with Crippen LogP contribution in [0.25, 0.3) is 0 Å². The fourth-order valence-electron chi connectivity index (χ4n) is 2.68. The van der Waals surface area contributed by atoms with Crippen molar-refractivity contribution in [1.82, 2.24) is 9.97 Å². The van der Waals surface area contributed by atoms with Crippen LogP contribution in [0.4, 0.5) is 11.6 Å². The highest BCUT2D eigenvalue weighted by atomic mass is 16.5. The van der Waals surface area contributed by atoms with Gasteiger partial charge in [0.1, 0.15) is 18.0 Å². The van der Waals surface area contributed by atoms with E-state index in [4.69, 9.17) is 10.6 Å². The van der Waals surface area contributed by atoms with Gasteiger partial charge in [0.15, 0.2) is 0 Å². The summed E-state index contributed by atoms with van der Waals surface area (Å²) in [5, 5.41) is 0. The fourth-order valence-corrected chi connectivity index (χ4v) is 2.68. The second kappa shape index (κ2) is 7.40. The summed E-state index contributed by atoms with van der Waals surface area (Å²) in [6.45, 7) is 6.95. The van der Waals surface area contributed by atoms with Gasteiger partial charge in [-0.25, -0.2) is 15.8 Å². The van der Waals surface area contributed by atoms with Crippen molar-refractivity contribution < 1.29 is 4.74 Å². The van der Waals surface area contributed by atoms with Crippen LogP contribution in [0.1, 0.15) is 38.7 Å². The Kier molecular flexibility index (Phi) is 5.55. The average Bonchev–Trinajstić information content (AvgIpc) is 2.98. The molecule has 0 bridgehead atoms. The topological polar surface area (TPSA) is 76.3 Å². The highest BCUT2D eigenvalue weighted by Gasteiger charge is 2.22. The molecule has 1 atom stereocenters. The Balaban J connectivity index is 2.22. The molecule has 0 aromatic carbocycles. The van der Waals surface area contributed by atoms with Crippen molar-refractivity contribution in [2.45, 2.75) is 45.6 Å². The first-order chi connectivity index (χ1) is 9.80. The van der Waals surface area contributed by atoms with Crippen molar-refractivity contribution in [1.29, 1.82) is 0 Å². The molecule has 112 valence electrons. The molecule has 1 aromatic heterocycles. The number of hydrazine groups is 1. The molecule has 2 rings (SSSR count). The Bertz CT molecular complexity index is 420. The number of hydrogen-bond donors (Lipinski definition) is 2. The van der Waals surface area contributed by atoms with Gasteiger partial charge in [-0.15, -0.1) is 0 Å². The molecule has 0 aliphatic carbocycles. The number of nitrogen functional groups attached to an aromatic ring is 1. The van der Waals surface area contributed by atoms with E-state index < -0.39 is 0 Å². The Morgan fingerprint density at radius 2 is 2.30 bits per heavy atom. The first-order valence-corrected chi connectivity index (χ1v) is 7.47. The van der Waals surface area contributed by atoms with E-state index in [-0.39, 0.29) is 0 Å². The molecule has 1 aromatic rings. The van der Waals surface area contributed by atoms with Gasteiger partial charge in [0, 0.05) is 25.3 Å². The van der Waals surface area contributed by atoms with E-state index in [2.05, 4.69) is 34.1 Å². The predicted octanol–water partition coefficient (Wildman–Crippen LogP) is 1.72. The molecule has 6 nitrogen and oxygen atoms in total. The van der Waals surface area contributed by atoms with E-state index in [9.17, 15) is 0 Å². The molecule has 6 heteroatoms. The summed E-state index contributed by atoms with van der Waals surface area (Å²) in [5.41, 5.74) is 3.78. The highest BCUT2D eigenvalue weighted by Crippen LogP contribution is 2.26. The van der Waals surface area contributed by atoms with Gasteiger partial charge in [0.2, 0.25) is 0 Å². The summed E-state index contributed by atoms with van der Waals surface area (Å²) in [7, 11) is 0. The SMILES string of the molecule is CCCc1c(NN)ncnc1N(CC)CC1CCCO1. The van der Waals surface area contributed by atoms with Crippen molar-refractivity contribution in [2.24, 2.45) is 5.84 Å². The minimum absolute atomic E-state index is 0.314. The number of hydrogen-bond acceptors (Lipinski definition) is 6. The third-order valence-corrected chi connectivity index (χ3v) is 3.69. The molecule has 20 heavy (non-hydrogen) atoms. The highest BCUT2D eigenvalue weighted by molar-refractivity contribution is 5.58. The number of likely N-dealkylation sites (N-methyl/N-ethyl adjacent to an activating group) is 1. The summed E-state index contributed by atoms with van der Waals surface area (Å²) in [6, 6.07) is 0. The van der Waals surface area contributed by atoms with E-state index in [0.29, 0.717) is 6.10 Å². The predicted molar refractivity (Wildman–Crippen MR) is 80.7 cm³/mol. The second-order valence-electron chi connectivity index (χ2n) is 5.09. The summed E-state index contributed by atoms with van der Waals surface area (Å²) in [5.74, 6) is 7.28. The number of nitrogens with one attached hydrogen (secondary N) is 1. The van der Waals surface area contributed by atoms with E-state index in [1.54, 1.807) is 6.33 Å². The molecule has 0 amide bonds. The molecule has 0 radical (unpaired) electrons.